The third-order valence-electron chi connectivity index (χ3n) is 5.03. The first-order valence-corrected chi connectivity index (χ1v) is 10.7. The van der Waals surface area contributed by atoms with Crippen molar-refractivity contribution < 1.29 is 71.2 Å². The van der Waals surface area contributed by atoms with E-state index in [-0.39, 0.29) is 60.1 Å². The maximum Gasteiger partial charge on any atom is 0.339 e. The van der Waals surface area contributed by atoms with Gasteiger partial charge in [0.1, 0.15) is 33.9 Å². The fourth-order valence-electron chi connectivity index (χ4n) is 3.37. The summed E-state index contributed by atoms with van der Waals surface area (Å²) in [5.41, 5.74) is 4.17. The van der Waals surface area contributed by atoms with Crippen molar-refractivity contribution in [3.05, 3.63) is 86.5 Å². The van der Waals surface area contributed by atoms with Crippen LogP contribution < -0.4 is 0 Å². The minimum absolute atomic E-state index is 0. The largest absolute Gasteiger partial charge is 0.507 e. The first-order valence-electron chi connectivity index (χ1n) is 10.7. The molecule has 0 amide bonds. The van der Waals surface area contributed by atoms with Crippen LogP contribution in [-0.2, 0) is 26.2 Å². The Kier molecular flexibility index (Phi) is 12.8. The van der Waals surface area contributed by atoms with Crippen LogP contribution in [0.1, 0.15) is 64.5 Å². The van der Waals surface area contributed by atoms with E-state index in [9.17, 15) is 29.7 Å². The Labute approximate surface area is 233 Å². The standard InChI is InChI=1S/3C9H10O3.Zr/c3*1-5-3-6(2)8(10)7(4-5)9(11)12;/h3*3-4,10H,1-2H3,(H,11,12);. The second-order valence-corrected chi connectivity index (χ2v) is 8.35. The van der Waals surface area contributed by atoms with Gasteiger partial charge in [0.15, 0.2) is 0 Å². The van der Waals surface area contributed by atoms with E-state index < -0.39 is 17.9 Å². The Morgan fingerprint density at radius 3 is 0.811 bits per heavy atom. The number of benzene rings is 3. The number of carboxylic acids is 3. The van der Waals surface area contributed by atoms with Crippen LogP contribution in [0.25, 0.3) is 0 Å². The Balaban J connectivity index is 0.000000518. The number of carbonyl (C=O) groups is 3. The van der Waals surface area contributed by atoms with Gasteiger partial charge in [0.05, 0.1) is 0 Å². The molecule has 0 unspecified atom stereocenters. The van der Waals surface area contributed by atoms with E-state index in [0.29, 0.717) is 16.7 Å². The molecule has 6 N–H and O–H groups in total. The second kappa shape index (κ2) is 14.2. The van der Waals surface area contributed by atoms with E-state index in [1.807, 2.05) is 0 Å². The number of phenols is 3. The molecule has 0 aromatic heterocycles. The summed E-state index contributed by atoms with van der Waals surface area (Å²) < 4.78 is 0. The molecule has 0 atom stereocenters. The Bertz CT molecular complexity index is 1150. The van der Waals surface area contributed by atoms with Crippen LogP contribution in [0.3, 0.4) is 0 Å². The van der Waals surface area contributed by atoms with Gasteiger partial charge in [0, 0.05) is 26.2 Å². The number of carboxylic acid groups (broad SMARTS) is 3. The van der Waals surface area contributed by atoms with E-state index in [1.165, 1.54) is 18.2 Å². The quantitative estimate of drug-likeness (QED) is 0.242. The van der Waals surface area contributed by atoms with Crippen LogP contribution in [0.5, 0.6) is 17.2 Å². The maximum absolute atomic E-state index is 10.6. The smallest absolute Gasteiger partial charge is 0.339 e. The number of aromatic carboxylic acids is 3. The second-order valence-electron chi connectivity index (χ2n) is 8.35. The molecule has 3 aromatic rings. The molecule has 37 heavy (non-hydrogen) atoms. The molecule has 0 saturated carbocycles. The fraction of sp³-hybridized carbons (Fsp3) is 0.222. The molecule has 3 rings (SSSR count). The number of rotatable bonds is 3. The summed E-state index contributed by atoms with van der Waals surface area (Å²) >= 11 is 0. The predicted octanol–water partition coefficient (Wildman–Crippen LogP) is 5.12. The van der Waals surface area contributed by atoms with Crippen LogP contribution in [-0.4, -0.2) is 48.5 Å². The molecule has 0 aliphatic rings. The molecule has 0 bridgehead atoms. The van der Waals surface area contributed by atoms with Crippen LogP contribution >= 0.6 is 0 Å². The van der Waals surface area contributed by atoms with Crippen LogP contribution in [0.4, 0.5) is 0 Å². The van der Waals surface area contributed by atoms with Gasteiger partial charge in [0.25, 0.3) is 0 Å². The molecule has 0 radical (unpaired) electrons. The monoisotopic (exact) mass is 588 g/mol. The SMILES string of the molecule is Cc1cc(C)c(O)c(C(=O)O)c1.Cc1cc(C)c(O)c(C(=O)O)c1.Cc1cc(C)c(O)c(C(=O)O)c1.[Zr]. The van der Waals surface area contributed by atoms with Crippen molar-refractivity contribution in [2.24, 2.45) is 0 Å². The maximum atomic E-state index is 10.6. The molecule has 0 heterocycles. The topological polar surface area (TPSA) is 173 Å². The Morgan fingerprint density at radius 2 is 0.649 bits per heavy atom. The third kappa shape index (κ3) is 9.39. The van der Waals surface area contributed by atoms with Gasteiger partial charge in [-0.3, -0.25) is 0 Å². The van der Waals surface area contributed by atoms with Gasteiger partial charge in [-0.05, 0) is 93.1 Å². The molecule has 10 heteroatoms. The van der Waals surface area contributed by atoms with Gasteiger partial charge >= 0.3 is 17.9 Å². The Hall–Kier alpha value is -3.65. The first kappa shape index (κ1) is 33.4. The zero-order valence-corrected chi connectivity index (χ0v) is 23.8. The average Bonchev–Trinajstić information content (AvgIpc) is 2.76. The first-order chi connectivity index (χ1) is 16.6. The summed E-state index contributed by atoms with van der Waals surface area (Å²) in [6.07, 6.45) is 0. The summed E-state index contributed by atoms with van der Waals surface area (Å²) in [6.45, 7) is 10.4. The molecule has 0 aliphatic carbocycles. The summed E-state index contributed by atoms with van der Waals surface area (Å²) in [5.74, 6) is -3.73. The van der Waals surface area contributed by atoms with Crippen molar-refractivity contribution >= 4 is 17.9 Å². The van der Waals surface area contributed by atoms with E-state index in [0.717, 1.165) is 16.7 Å². The molecule has 0 saturated heterocycles. The molecular formula is C27H30O9Zr. The van der Waals surface area contributed by atoms with Crippen molar-refractivity contribution in [3.63, 3.8) is 0 Å². The predicted molar refractivity (Wildman–Crippen MR) is 134 cm³/mol. The molecule has 9 nitrogen and oxygen atoms in total. The van der Waals surface area contributed by atoms with Gasteiger partial charge in [0.2, 0.25) is 0 Å². The van der Waals surface area contributed by atoms with Crippen molar-refractivity contribution in [2.45, 2.75) is 41.5 Å². The van der Waals surface area contributed by atoms with Gasteiger partial charge in [-0.1, -0.05) is 18.2 Å². The van der Waals surface area contributed by atoms with E-state index in [1.54, 1.807) is 59.7 Å². The summed E-state index contributed by atoms with van der Waals surface area (Å²) in [7, 11) is 0. The van der Waals surface area contributed by atoms with Crippen LogP contribution in [0.15, 0.2) is 36.4 Å². The van der Waals surface area contributed by atoms with Gasteiger partial charge in [-0.15, -0.1) is 0 Å². The van der Waals surface area contributed by atoms with Crippen molar-refractivity contribution in [1.82, 2.24) is 0 Å². The molecule has 0 aliphatic heterocycles. The molecule has 0 spiro atoms. The summed E-state index contributed by atoms with van der Waals surface area (Å²) in [4.78, 5) is 31.7. The zero-order chi connectivity index (χ0) is 27.9. The van der Waals surface area contributed by atoms with Crippen molar-refractivity contribution in [2.75, 3.05) is 0 Å². The van der Waals surface area contributed by atoms with E-state index in [4.69, 9.17) is 15.3 Å². The van der Waals surface area contributed by atoms with Gasteiger partial charge < -0.3 is 30.6 Å². The minimum Gasteiger partial charge on any atom is -0.507 e. The Morgan fingerprint density at radius 1 is 0.459 bits per heavy atom. The summed E-state index contributed by atoms with van der Waals surface area (Å²) in [6, 6.07) is 9.56. The number of hydrogen-bond acceptors (Lipinski definition) is 6. The third-order valence-corrected chi connectivity index (χ3v) is 5.03. The van der Waals surface area contributed by atoms with E-state index >= 15 is 0 Å². The minimum atomic E-state index is -1.10. The normalized spacial score (nSPS) is 9.57. The van der Waals surface area contributed by atoms with Crippen LogP contribution in [0, 0.1) is 41.5 Å². The summed E-state index contributed by atoms with van der Waals surface area (Å²) in [5, 5.41) is 53.9. The van der Waals surface area contributed by atoms with Crippen molar-refractivity contribution in [3.8, 4) is 17.2 Å². The van der Waals surface area contributed by atoms with Crippen molar-refractivity contribution in [1.29, 1.82) is 0 Å². The van der Waals surface area contributed by atoms with Gasteiger partial charge in [-0.25, -0.2) is 14.4 Å². The molecule has 3 aromatic carbocycles. The molecule has 0 fully saturated rings. The fourth-order valence-corrected chi connectivity index (χ4v) is 3.37. The van der Waals surface area contributed by atoms with Gasteiger partial charge in [-0.2, -0.15) is 0 Å². The number of aromatic hydroxyl groups is 3. The van der Waals surface area contributed by atoms with Crippen LogP contribution in [0.2, 0.25) is 0 Å². The number of hydrogen-bond donors (Lipinski definition) is 6. The average molecular weight is 590 g/mol. The zero-order valence-electron chi connectivity index (χ0n) is 21.4. The molecular weight excluding hydrogens is 560 g/mol. The molecule has 196 valence electrons. The van der Waals surface area contributed by atoms with E-state index in [2.05, 4.69) is 0 Å². The number of aryl methyl sites for hydroxylation is 6.